The van der Waals surface area contributed by atoms with E-state index in [0.717, 1.165) is 18.4 Å². The third kappa shape index (κ3) is 2.44. The number of nitrogen functional groups attached to an aromatic ring is 1. The largest absolute Gasteiger partial charge is 0.495 e. The number of anilines is 1. The molecule has 2 N–H and O–H groups in total. The molecule has 1 heterocycles. The van der Waals surface area contributed by atoms with Gasteiger partial charge in [-0.05, 0) is 47.9 Å². The van der Waals surface area contributed by atoms with Crippen molar-refractivity contribution in [3.63, 3.8) is 0 Å². The van der Waals surface area contributed by atoms with Crippen molar-refractivity contribution in [2.75, 3.05) is 20.0 Å². The van der Waals surface area contributed by atoms with Gasteiger partial charge in [-0.3, -0.25) is 0 Å². The van der Waals surface area contributed by atoms with Crippen LogP contribution in [-0.2, 0) is 11.3 Å². The lowest BCUT2D eigenvalue weighted by atomic mass is 9.80. The molecule has 1 aliphatic carbocycles. The molecule has 112 valence electrons. The van der Waals surface area contributed by atoms with E-state index in [-0.39, 0.29) is 5.60 Å². The first-order valence-corrected chi connectivity index (χ1v) is 6.93. The molecule has 0 bridgehead atoms. The van der Waals surface area contributed by atoms with Gasteiger partial charge in [0, 0.05) is 12.7 Å². The minimum absolute atomic E-state index is 0.137. The van der Waals surface area contributed by atoms with E-state index in [0.29, 0.717) is 23.8 Å². The van der Waals surface area contributed by atoms with Gasteiger partial charge in [-0.25, -0.2) is 4.68 Å². The van der Waals surface area contributed by atoms with Crippen molar-refractivity contribution in [2.45, 2.75) is 31.4 Å². The molecule has 7 nitrogen and oxygen atoms in total. The zero-order valence-electron chi connectivity index (χ0n) is 12.2. The molecule has 1 fully saturated rings. The SMILES string of the molecule is COc1ccc(-c2nnnn2CC2(OC)CCC2)cc1N. The highest BCUT2D eigenvalue weighted by Gasteiger charge is 2.38. The highest BCUT2D eigenvalue weighted by Crippen LogP contribution is 2.37. The lowest BCUT2D eigenvalue weighted by Crippen LogP contribution is -2.43. The molecule has 0 aliphatic heterocycles. The first-order chi connectivity index (χ1) is 10.2. The van der Waals surface area contributed by atoms with Crippen molar-refractivity contribution in [3.8, 4) is 17.1 Å². The Balaban J connectivity index is 1.90. The Bertz CT molecular complexity index is 631. The van der Waals surface area contributed by atoms with E-state index in [9.17, 15) is 0 Å². The maximum atomic E-state index is 5.95. The fourth-order valence-corrected chi connectivity index (χ4v) is 2.66. The maximum Gasteiger partial charge on any atom is 0.182 e. The van der Waals surface area contributed by atoms with E-state index >= 15 is 0 Å². The van der Waals surface area contributed by atoms with Crippen LogP contribution in [0.3, 0.4) is 0 Å². The van der Waals surface area contributed by atoms with E-state index in [2.05, 4.69) is 15.5 Å². The molecule has 0 amide bonds. The summed E-state index contributed by atoms with van der Waals surface area (Å²) >= 11 is 0. The van der Waals surface area contributed by atoms with E-state index in [1.807, 2.05) is 18.2 Å². The molecule has 0 radical (unpaired) electrons. The Hall–Kier alpha value is -2.15. The van der Waals surface area contributed by atoms with Crippen LogP contribution < -0.4 is 10.5 Å². The van der Waals surface area contributed by atoms with Gasteiger partial charge in [0.2, 0.25) is 0 Å². The minimum atomic E-state index is -0.137. The summed E-state index contributed by atoms with van der Waals surface area (Å²) in [6.45, 7) is 0.651. The number of nitrogens with two attached hydrogens (primary N) is 1. The lowest BCUT2D eigenvalue weighted by Gasteiger charge is -2.40. The number of rotatable bonds is 5. The summed E-state index contributed by atoms with van der Waals surface area (Å²) < 4.78 is 12.6. The van der Waals surface area contributed by atoms with Crippen LogP contribution in [0.2, 0.25) is 0 Å². The Kier molecular flexibility index (Phi) is 3.50. The van der Waals surface area contributed by atoms with Crippen molar-refractivity contribution < 1.29 is 9.47 Å². The van der Waals surface area contributed by atoms with Gasteiger partial charge in [0.15, 0.2) is 5.82 Å². The molecule has 3 rings (SSSR count). The molecular weight excluding hydrogens is 270 g/mol. The molecular formula is C14H19N5O2. The van der Waals surface area contributed by atoms with Gasteiger partial charge in [-0.15, -0.1) is 5.10 Å². The second-order valence-corrected chi connectivity index (χ2v) is 5.36. The third-order valence-corrected chi connectivity index (χ3v) is 4.16. The Morgan fingerprint density at radius 3 is 2.71 bits per heavy atom. The van der Waals surface area contributed by atoms with Crippen LogP contribution in [0.5, 0.6) is 5.75 Å². The second-order valence-electron chi connectivity index (χ2n) is 5.36. The molecule has 1 aromatic heterocycles. The summed E-state index contributed by atoms with van der Waals surface area (Å²) in [7, 11) is 3.34. The smallest absolute Gasteiger partial charge is 0.182 e. The van der Waals surface area contributed by atoms with Crippen molar-refractivity contribution in [2.24, 2.45) is 0 Å². The molecule has 7 heteroatoms. The number of aromatic nitrogens is 4. The lowest BCUT2D eigenvalue weighted by molar-refractivity contribution is -0.0855. The first kappa shape index (κ1) is 13.8. The van der Waals surface area contributed by atoms with Gasteiger partial charge in [0.1, 0.15) is 5.75 Å². The summed E-state index contributed by atoms with van der Waals surface area (Å²) in [5, 5.41) is 12.0. The van der Waals surface area contributed by atoms with Gasteiger partial charge >= 0.3 is 0 Å². The standard InChI is InChI=1S/C14H19N5O2/c1-20-12-5-4-10(8-11(12)15)13-16-17-18-19(13)9-14(21-2)6-3-7-14/h4-5,8H,3,6-7,9,15H2,1-2H3. The number of hydrogen-bond donors (Lipinski definition) is 1. The zero-order chi connectivity index (χ0) is 14.9. The molecule has 1 aliphatic rings. The van der Waals surface area contributed by atoms with Crippen molar-refractivity contribution in [1.29, 1.82) is 0 Å². The normalized spacial score (nSPS) is 16.5. The van der Waals surface area contributed by atoms with Crippen LogP contribution in [0, 0.1) is 0 Å². The number of nitrogens with zero attached hydrogens (tertiary/aromatic N) is 4. The third-order valence-electron chi connectivity index (χ3n) is 4.16. The summed E-state index contributed by atoms with van der Waals surface area (Å²) in [5.41, 5.74) is 7.24. The van der Waals surface area contributed by atoms with Gasteiger partial charge < -0.3 is 15.2 Å². The quantitative estimate of drug-likeness (QED) is 0.839. The van der Waals surface area contributed by atoms with Crippen LogP contribution in [0.1, 0.15) is 19.3 Å². The van der Waals surface area contributed by atoms with Crippen molar-refractivity contribution in [1.82, 2.24) is 20.2 Å². The van der Waals surface area contributed by atoms with Crippen LogP contribution in [0.4, 0.5) is 5.69 Å². The van der Waals surface area contributed by atoms with E-state index < -0.39 is 0 Å². The van der Waals surface area contributed by atoms with Crippen molar-refractivity contribution >= 4 is 5.69 Å². The summed E-state index contributed by atoms with van der Waals surface area (Å²) in [4.78, 5) is 0. The van der Waals surface area contributed by atoms with Gasteiger partial charge in [0.25, 0.3) is 0 Å². The first-order valence-electron chi connectivity index (χ1n) is 6.93. The zero-order valence-corrected chi connectivity index (χ0v) is 12.2. The Morgan fingerprint density at radius 2 is 2.14 bits per heavy atom. The van der Waals surface area contributed by atoms with E-state index in [1.54, 1.807) is 18.9 Å². The molecule has 1 aromatic carbocycles. The van der Waals surface area contributed by atoms with Crippen LogP contribution in [0.15, 0.2) is 18.2 Å². The average molecular weight is 289 g/mol. The second kappa shape index (κ2) is 5.33. The van der Waals surface area contributed by atoms with Gasteiger partial charge in [0.05, 0.1) is 24.9 Å². The number of hydrogen-bond acceptors (Lipinski definition) is 6. The highest BCUT2D eigenvalue weighted by atomic mass is 16.5. The number of methoxy groups -OCH3 is 2. The fraction of sp³-hybridized carbons (Fsp3) is 0.500. The van der Waals surface area contributed by atoms with E-state index in [4.69, 9.17) is 15.2 Å². The van der Waals surface area contributed by atoms with Gasteiger partial charge in [-0.1, -0.05) is 0 Å². The maximum absolute atomic E-state index is 5.95. The number of tetrazole rings is 1. The molecule has 21 heavy (non-hydrogen) atoms. The highest BCUT2D eigenvalue weighted by molar-refractivity contribution is 5.66. The predicted molar refractivity (Wildman–Crippen MR) is 77.8 cm³/mol. The van der Waals surface area contributed by atoms with E-state index in [1.165, 1.54) is 6.42 Å². The summed E-state index contributed by atoms with van der Waals surface area (Å²) in [6.07, 6.45) is 3.25. The Labute approximate surface area is 123 Å². The average Bonchev–Trinajstić information content (AvgIpc) is 2.90. The molecule has 2 aromatic rings. The number of benzene rings is 1. The molecule has 0 saturated heterocycles. The molecule has 0 unspecified atom stereocenters. The fourth-order valence-electron chi connectivity index (χ4n) is 2.66. The predicted octanol–water partition coefficient (Wildman–Crippen LogP) is 1.50. The summed E-state index contributed by atoms with van der Waals surface area (Å²) in [6, 6.07) is 5.54. The Morgan fingerprint density at radius 1 is 1.33 bits per heavy atom. The number of ether oxygens (including phenoxy) is 2. The molecule has 1 saturated carbocycles. The molecule has 0 atom stereocenters. The van der Waals surface area contributed by atoms with Crippen LogP contribution in [0.25, 0.3) is 11.4 Å². The van der Waals surface area contributed by atoms with Gasteiger partial charge in [-0.2, -0.15) is 0 Å². The molecule has 0 spiro atoms. The summed E-state index contributed by atoms with van der Waals surface area (Å²) in [5.74, 6) is 1.33. The topological polar surface area (TPSA) is 88.1 Å². The van der Waals surface area contributed by atoms with Crippen molar-refractivity contribution in [3.05, 3.63) is 18.2 Å². The van der Waals surface area contributed by atoms with Crippen LogP contribution >= 0.6 is 0 Å². The minimum Gasteiger partial charge on any atom is -0.495 e. The monoisotopic (exact) mass is 289 g/mol. The van der Waals surface area contributed by atoms with Crippen LogP contribution in [-0.4, -0.2) is 40.0 Å².